The van der Waals surface area contributed by atoms with Gasteiger partial charge in [0.25, 0.3) is 0 Å². The monoisotopic (exact) mass is 216 g/mol. The van der Waals surface area contributed by atoms with Gasteiger partial charge in [-0.05, 0) is 17.2 Å². The molecule has 0 saturated carbocycles. The van der Waals surface area contributed by atoms with Crippen molar-refractivity contribution in [3.8, 4) is 11.1 Å². The SMILES string of the molecule is OB(O)c1cc(-c2ccccc2)ccc1F. The van der Waals surface area contributed by atoms with Crippen molar-refractivity contribution >= 4 is 12.6 Å². The van der Waals surface area contributed by atoms with Gasteiger partial charge in [-0.25, -0.2) is 4.39 Å². The van der Waals surface area contributed by atoms with E-state index in [1.165, 1.54) is 12.1 Å². The van der Waals surface area contributed by atoms with Crippen molar-refractivity contribution in [1.82, 2.24) is 0 Å². The summed E-state index contributed by atoms with van der Waals surface area (Å²) in [7, 11) is -1.79. The van der Waals surface area contributed by atoms with Crippen LogP contribution >= 0.6 is 0 Å². The third-order valence-electron chi connectivity index (χ3n) is 2.38. The number of hydrogen-bond donors (Lipinski definition) is 2. The third-order valence-corrected chi connectivity index (χ3v) is 2.38. The Hall–Kier alpha value is -1.65. The smallest absolute Gasteiger partial charge is 0.423 e. The van der Waals surface area contributed by atoms with Gasteiger partial charge in [-0.3, -0.25) is 0 Å². The summed E-state index contributed by atoms with van der Waals surface area (Å²) in [6.07, 6.45) is 0. The van der Waals surface area contributed by atoms with Gasteiger partial charge in [-0.1, -0.05) is 42.5 Å². The van der Waals surface area contributed by atoms with Gasteiger partial charge in [0.05, 0.1) is 0 Å². The largest absolute Gasteiger partial charge is 0.491 e. The lowest BCUT2D eigenvalue weighted by atomic mass is 9.78. The molecule has 0 fully saturated rings. The third kappa shape index (κ3) is 2.13. The fraction of sp³-hybridized carbons (Fsp3) is 0. The molecule has 2 nitrogen and oxygen atoms in total. The zero-order valence-corrected chi connectivity index (χ0v) is 8.47. The lowest BCUT2D eigenvalue weighted by Gasteiger charge is -2.06. The molecule has 2 N–H and O–H groups in total. The summed E-state index contributed by atoms with van der Waals surface area (Å²) in [6.45, 7) is 0. The lowest BCUT2D eigenvalue weighted by Crippen LogP contribution is -2.32. The highest BCUT2D eigenvalue weighted by molar-refractivity contribution is 6.58. The van der Waals surface area contributed by atoms with Gasteiger partial charge in [-0.15, -0.1) is 0 Å². The Kier molecular flexibility index (Phi) is 3.03. The highest BCUT2D eigenvalue weighted by atomic mass is 19.1. The molecule has 0 amide bonds. The van der Waals surface area contributed by atoms with E-state index in [0.29, 0.717) is 0 Å². The molecule has 2 aromatic carbocycles. The van der Waals surface area contributed by atoms with Gasteiger partial charge in [0.1, 0.15) is 5.82 Å². The predicted molar refractivity (Wildman–Crippen MR) is 61.7 cm³/mol. The number of rotatable bonds is 2. The van der Waals surface area contributed by atoms with Crippen LogP contribution in [-0.2, 0) is 0 Å². The Morgan fingerprint density at radius 2 is 1.56 bits per heavy atom. The molecule has 0 aromatic heterocycles. The second kappa shape index (κ2) is 4.47. The molecule has 80 valence electrons. The van der Waals surface area contributed by atoms with Crippen molar-refractivity contribution in [1.29, 1.82) is 0 Å². The molecule has 16 heavy (non-hydrogen) atoms. The Morgan fingerprint density at radius 3 is 2.19 bits per heavy atom. The van der Waals surface area contributed by atoms with E-state index >= 15 is 0 Å². The quantitative estimate of drug-likeness (QED) is 0.739. The molecule has 2 rings (SSSR count). The van der Waals surface area contributed by atoms with Crippen molar-refractivity contribution in [2.75, 3.05) is 0 Å². The molecule has 0 radical (unpaired) electrons. The van der Waals surface area contributed by atoms with Crippen molar-refractivity contribution < 1.29 is 14.4 Å². The molecular formula is C12H10BFO2. The zero-order chi connectivity index (χ0) is 11.5. The maximum atomic E-state index is 13.2. The van der Waals surface area contributed by atoms with Gasteiger partial charge in [-0.2, -0.15) is 0 Å². The van der Waals surface area contributed by atoms with Gasteiger partial charge in [0, 0.05) is 5.46 Å². The first-order chi connectivity index (χ1) is 7.68. The highest BCUT2D eigenvalue weighted by Gasteiger charge is 2.16. The van der Waals surface area contributed by atoms with E-state index in [-0.39, 0.29) is 5.46 Å². The van der Waals surface area contributed by atoms with Crippen LogP contribution < -0.4 is 5.46 Å². The molecule has 0 aliphatic rings. The topological polar surface area (TPSA) is 40.5 Å². The minimum Gasteiger partial charge on any atom is -0.423 e. The minimum atomic E-state index is -1.79. The van der Waals surface area contributed by atoms with E-state index in [4.69, 9.17) is 10.0 Å². The first-order valence-electron chi connectivity index (χ1n) is 4.89. The normalized spacial score (nSPS) is 10.2. The summed E-state index contributed by atoms with van der Waals surface area (Å²) < 4.78 is 13.2. The number of hydrogen-bond acceptors (Lipinski definition) is 2. The number of benzene rings is 2. The molecule has 0 bridgehead atoms. The van der Waals surface area contributed by atoms with Gasteiger partial charge in [0.2, 0.25) is 0 Å². The summed E-state index contributed by atoms with van der Waals surface area (Å²) in [5.41, 5.74) is 1.55. The number of halogens is 1. The standard InChI is InChI=1S/C12H10BFO2/c14-12-7-6-10(8-11(12)13(15)16)9-4-2-1-3-5-9/h1-8,15-16H. The molecule has 0 atom stereocenters. The maximum absolute atomic E-state index is 13.2. The van der Waals surface area contributed by atoms with Crippen LogP contribution in [0.15, 0.2) is 48.5 Å². The molecule has 0 aliphatic carbocycles. The highest BCUT2D eigenvalue weighted by Crippen LogP contribution is 2.17. The molecule has 0 saturated heterocycles. The van der Waals surface area contributed by atoms with Gasteiger partial charge in [0.15, 0.2) is 0 Å². The van der Waals surface area contributed by atoms with Crippen LogP contribution in [0.5, 0.6) is 0 Å². The Morgan fingerprint density at radius 1 is 0.875 bits per heavy atom. The summed E-state index contributed by atoms with van der Waals surface area (Å²) in [5, 5.41) is 18.0. The van der Waals surface area contributed by atoms with Crippen LogP contribution in [0.2, 0.25) is 0 Å². The first kappa shape index (κ1) is 10.9. The second-order valence-electron chi connectivity index (χ2n) is 3.48. The van der Waals surface area contributed by atoms with E-state index < -0.39 is 12.9 Å². The lowest BCUT2D eigenvalue weighted by molar-refractivity contribution is 0.423. The van der Waals surface area contributed by atoms with E-state index in [2.05, 4.69) is 0 Å². The van der Waals surface area contributed by atoms with E-state index in [1.54, 1.807) is 6.07 Å². The van der Waals surface area contributed by atoms with Crippen molar-refractivity contribution in [3.63, 3.8) is 0 Å². The van der Waals surface area contributed by atoms with E-state index in [1.807, 2.05) is 30.3 Å². The molecule has 2 aromatic rings. The fourth-order valence-electron chi connectivity index (χ4n) is 1.55. The molecule has 0 heterocycles. The summed E-state index contributed by atoms with van der Waals surface area (Å²) in [5.74, 6) is -0.616. The maximum Gasteiger partial charge on any atom is 0.491 e. The molecule has 4 heteroatoms. The van der Waals surface area contributed by atoms with Crippen molar-refractivity contribution in [2.24, 2.45) is 0 Å². The van der Waals surface area contributed by atoms with Crippen LogP contribution in [0.4, 0.5) is 4.39 Å². The fourth-order valence-corrected chi connectivity index (χ4v) is 1.55. The average Bonchev–Trinajstić information content (AvgIpc) is 2.30. The van der Waals surface area contributed by atoms with E-state index in [0.717, 1.165) is 11.1 Å². The Balaban J connectivity index is 2.48. The predicted octanol–water partition coefficient (Wildman–Crippen LogP) is 1.17. The Labute approximate surface area is 93.1 Å². The first-order valence-corrected chi connectivity index (χ1v) is 4.89. The molecular weight excluding hydrogens is 206 g/mol. The Bertz CT molecular complexity index is 486. The second-order valence-corrected chi connectivity index (χ2v) is 3.48. The van der Waals surface area contributed by atoms with Crippen LogP contribution in [-0.4, -0.2) is 17.2 Å². The van der Waals surface area contributed by atoms with Crippen molar-refractivity contribution in [2.45, 2.75) is 0 Å². The molecule has 0 aliphatic heterocycles. The zero-order valence-electron chi connectivity index (χ0n) is 8.47. The van der Waals surface area contributed by atoms with Gasteiger partial charge >= 0.3 is 7.12 Å². The van der Waals surface area contributed by atoms with Crippen molar-refractivity contribution in [3.05, 3.63) is 54.3 Å². The van der Waals surface area contributed by atoms with Crippen LogP contribution in [0, 0.1) is 5.82 Å². The summed E-state index contributed by atoms with van der Waals surface area (Å²) >= 11 is 0. The van der Waals surface area contributed by atoms with E-state index in [9.17, 15) is 4.39 Å². The molecule has 0 unspecified atom stereocenters. The van der Waals surface area contributed by atoms with Gasteiger partial charge < -0.3 is 10.0 Å². The van der Waals surface area contributed by atoms with Crippen LogP contribution in [0.3, 0.4) is 0 Å². The molecule has 0 spiro atoms. The summed E-state index contributed by atoms with van der Waals surface area (Å²) in [4.78, 5) is 0. The van der Waals surface area contributed by atoms with Crippen LogP contribution in [0.1, 0.15) is 0 Å². The minimum absolute atomic E-state index is 0.110. The summed E-state index contributed by atoms with van der Waals surface area (Å²) in [6, 6.07) is 13.7. The average molecular weight is 216 g/mol. The van der Waals surface area contributed by atoms with Crippen LogP contribution in [0.25, 0.3) is 11.1 Å².